The van der Waals surface area contributed by atoms with Gasteiger partial charge in [0.05, 0.1) is 19.4 Å². The molecule has 152 valence electrons. The average molecular weight is 399 g/mol. The second-order valence-corrected chi connectivity index (χ2v) is 7.33. The van der Waals surface area contributed by atoms with Crippen LogP contribution >= 0.6 is 0 Å². The van der Waals surface area contributed by atoms with Crippen LogP contribution < -0.4 is 4.74 Å². The highest BCUT2D eigenvalue weighted by atomic mass is 16.5. The predicted octanol–water partition coefficient (Wildman–Crippen LogP) is 4.46. The maximum atomic E-state index is 13.0. The van der Waals surface area contributed by atoms with Crippen molar-refractivity contribution in [2.45, 2.75) is 19.6 Å². The van der Waals surface area contributed by atoms with Gasteiger partial charge in [-0.1, -0.05) is 72.8 Å². The van der Waals surface area contributed by atoms with Crippen molar-refractivity contribution in [3.63, 3.8) is 0 Å². The number of carbonyl (C=O) groups is 1. The molecule has 30 heavy (non-hydrogen) atoms. The third-order valence-corrected chi connectivity index (χ3v) is 5.26. The van der Waals surface area contributed by atoms with Gasteiger partial charge in [0.1, 0.15) is 11.9 Å². The fourth-order valence-corrected chi connectivity index (χ4v) is 3.72. The molecule has 5 nitrogen and oxygen atoms in total. The molecule has 0 aliphatic carbocycles. The van der Waals surface area contributed by atoms with Crippen LogP contribution in [0.1, 0.15) is 29.8 Å². The molecular formula is C25H25N3O2. The molecule has 3 aromatic rings. The molecule has 0 aromatic heterocycles. The Balaban J connectivity index is 1.70. The van der Waals surface area contributed by atoms with E-state index < -0.39 is 0 Å². The second kappa shape index (κ2) is 8.93. The minimum atomic E-state index is -0.276. The fourth-order valence-electron chi connectivity index (χ4n) is 3.72. The quantitative estimate of drug-likeness (QED) is 0.575. The van der Waals surface area contributed by atoms with Gasteiger partial charge in [-0.3, -0.25) is 9.69 Å². The highest BCUT2D eigenvalue weighted by molar-refractivity contribution is 5.99. The third-order valence-electron chi connectivity index (χ3n) is 5.26. The number of carbonyl (C=O) groups excluding carboxylic acids is 1. The average Bonchev–Trinajstić information content (AvgIpc) is 3.09. The topological polar surface area (TPSA) is 45.1 Å². The van der Waals surface area contributed by atoms with Crippen molar-refractivity contribution in [1.82, 2.24) is 9.91 Å². The number of hydrazone groups is 1. The molecule has 0 unspecified atom stereocenters. The third kappa shape index (κ3) is 4.26. The first-order chi connectivity index (χ1) is 14.7. The van der Waals surface area contributed by atoms with Gasteiger partial charge >= 0.3 is 0 Å². The van der Waals surface area contributed by atoms with E-state index in [9.17, 15) is 4.79 Å². The standard InChI is InChI=1S/C25H25N3O2/c1-19(21-11-7-4-8-12-21)26-28-24(29)18-27(17-20-9-5-3-6-10-20)25(28)22-13-15-23(30-2)16-14-22/h3-16,25H,17-18H2,1-2H3/b26-19-/t25-/m0/s1. The number of methoxy groups -OCH3 is 1. The number of benzene rings is 3. The summed E-state index contributed by atoms with van der Waals surface area (Å²) in [5.74, 6) is 0.773. The van der Waals surface area contributed by atoms with Crippen LogP contribution in [0.3, 0.4) is 0 Å². The first-order valence-corrected chi connectivity index (χ1v) is 10.0. The highest BCUT2D eigenvalue weighted by Gasteiger charge is 2.39. The van der Waals surface area contributed by atoms with Gasteiger partial charge in [0.2, 0.25) is 0 Å². The number of ether oxygens (including phenoxy) is 1. The molecule has 0 spiro atoms. The molecule has 5 heteroatoms. The van der Waals surface area contributed by atoms with Crippen molar-refractivity contribution in [2.75, 3.05) is 13.7 Å². The van der Waals surface area contributed by atoms with Crippen molar-refractivity contribution < 1.29 is 9.53 Å². The van der Waals surface area contributed by atoms with Crippen LogP contribution in [0, 0.1) is 0 Å². The Morgan fingerprint density at radius 2 is 1.60 bits per heavy atom. The van der Waals surface area contributed by atoms with Crippen LogP contribution in [0.15, 0.2) is 90.0 Å². The number of amides is 1. The van der Waals surface area contributed by atoms with E-state index in [0.29, 0.717) is 13.1 Å². The van der Waals surface area contributed by atoms with Crippen molar-refractivity contribution in [2.24, 2.45) is 5.10 Å². The van der Waals surface area contributed by atoms with Gasteiger partial charge in [-0.2, -0.15) is 5.10 Å². The molecule has 1 atom stereocenters. The van der Waals surface area contributed by atoms with Gasteiger partial charge in [0, 0.05) is 6.54 Å². The van der Waals surface area contributed by atoms with Crippen molar-refractivity contribution in [1.29, 1.82) is 0 Å². The summed E-state index contributed by atoms with van der Waals surface area (Å²) < 4.78 is 5.30. The molecule has 4 rings (SSSR count). The molecule has 0 bridgehead atoms. The second-order valence-electron chi connectivity index (χ2n) is 7.33. The SMILES string of the molecule is COc1ccc([C@H]2N(Cc3ccccc3)CC(=O)N2/N=C(/C)c2ccccc2)cc1. The number of rotatable bonds is 6. The molecule has 1 fully saturated rings. The minimum Gasteiger partial charge on any atom is -0.497 e. The molecule has 1 amide bonds. The lowest BCUT2D eigenvalue weighted by atomic mass is 10.1. The number of nitrogens with zero attached hydrogens (tertiary/aromatic N) is 3. The molecule has 1 aliphatic heterocycles. The van der Waals surface area contributed by atoms with Gasteiger partial charge in [0.15, 0.2) is 0 Å². The number of hydrogen-bond acceptors (Lipinski definition) is 4. The first-order valence-electron chi connectivity index (χ1n) is 10.0. The molecule has 1 saturated heterocycles. The first kappa shape index (κ1) is 19.9. The maximum absolute atomic E-state index is 13.0. The largest absolute Gasteiger partial charge is 0.497 e. The van der Waals surface area contributed by atoms with Crippen molar-refractivity contribution in [3.8, 4) is 5.75 Å². The van der Waals surface area contributed by atoms with E-state index in [1.54, 1.807) is 12.1 Å². The van der Waals surface area contributed by atoms with Crippen molar-refractivity contribution in [3.05, 3.63) is 102 Å². The Hall–Kier alpha value is -3.44. The van der Waals surface area contributed by atoms with Gasteiger partial charge in [0.25, 0.3) is 5.91 Å². The Morgan fingerprint density at radius 1 is 0.967 bits per heavy atom. The van der Waals surface area contributed by atoms with Crippen LogP contribution in [0.2, 0.25) is 0 Å². The summed E-state index contributed by atoms with van der Waals surface area (Å²) in [6.45, 7) is 2.92. The summed E-state index contributed by atoms with van der Waals surface area (Å²) in [4.78, 5) is 15.2. The molecule has 3 aromatic carbocycles. The Labute approximate surface area is 177 Å². The van der Waals surface area contributed by atoms with Crippen molar-refractivity contribution >= 4 is 11.6 Å². The zero-order valence-corrected chi connectivity index (χ0v) is 17.2. The zero-order chi connectivity index (χ0) is 20.9. The molecule has 0 radical (unpaired) electrons. The van der Waals surface area contributed by atoms with Crippen LogP contribution in [-0.2, 0) is 11.3 Å². The molecule has 1 heterocycles. The van der Waals surface area contributed by atoms with E-state index >= 15 is 0 Å². The Kier molecular flexibility index (Phi) is 5.91. The fraction of sp³-hybridized carbons (Fsp3) is 0.200. The summed E-state index contributed by atoms with van der Waals surface area (Å²) in [5.41, 5.74) is 3.97. The smallest absolute Gasteiger partial charge is 0.258 e. The van der Waals surface area contributed by atoms with Gasteiger partial charge in [-0.05, 0) is 35.7 Å². The van der Waals surface area contributed by atoms with Gasteiger partial charge in [-0.25, -0.2) is 5.01 Å². The Bertz CT molecular complexity index is 1020. The highest BCUT2D eigenvalue weighted by Crippen LogP contribution is 2.33. The molecule has 1 aliphatic rings. The monoisotopic (exact) mass is 399 g/mol. The normalized spacial score (nSPS) is 17.4. The van der Waals surface area contributed by atoms with Gasteiger partial charge in [-0.15, -0.1) is 0 Å². The van der Waals surface area contributed by atoms with E-state index in [4.69, 9.17) is 9.84 Å². The van der Waals surface area contributed by atoms with E-state index in [-0.39, 0.29) is 12.1 Å². The summed E-state index contributed by atoms with van der Waals surface area (Å²) in [7, 11) is 1.65. The van der Waals surface area contributed by atoms with Crippen LogP contribution in [-0.4, -0.2) is 35.2 Å². The van der Waals surface area contributed by atoms with Crippen LogP contribution in [0.5, 0.6) is 5.75 Å². The molecule has 0 N–H and O–H groups in total. The molecule has 0 saturated carbocycles. The maximum Gasteiger partial charge on any atom is 0.258 e. The number of hydrogen-bond donors (Lipinski definition) is 0. The predicted molar refractivity (Wildman–Crippen MR) is 118 cm³/mol. The van der Waals surface area contributed by atoms with Crippen LogP contribution in [0.4, 0.5) is 0 Å². The van der Waals surface area contributed by atoms with E-state index in [0.717, 1.165) is 28.2 Å². The van der Waals surface area contributed by atoms with E-state index in [1.807, 2.05) is 79.7 Å². The minimum absolute atomic E-state index is 0.0120. The summed E-state index contributed by atoms with van der Waals surface area (Å²) in [6, 6.07) is 28.0. The van der Waals surface area contributed by atoms with Gasteiger partial charge < -0.3 is 4.74 Å². The lowest BCUT2D eigenvalue weighted by Crippen LogP contribution is -2.29. The Morgan fingerprint density at radius 3 is 2.23 bits per heavy atom. The lowest BCUT2D eigenvalue weighted by Gasteiger charge is -2.28. The van der Waals surface area contributed by atoms with E-state index in [1.165, 1.54) is 0 Å². The zero-order valence-electron chi connectivity index (χ0n) is 17.2. The summed E-state index contributed by atoms with van der Waals surface area (Å²) in [5, 5.41) is 6.37. The van der Waals surface area contributed by atoms with Crippen LogP contribution in [0.25, 0.3) is 0 Å². The lowest BCUT2D eigenvalue weighted by molar-refractivity contribution is -0.128. The van der Waals surface area contributed by atoms with E-state index in [2.05, 4.69) is 17.0 Å². The summed E-state index contributed by atoms with van der Waals surface area (Å²) >= 11 is 0. The summed E-state index contributed by atoms with van der Waals surface area (Å²) in [6.07, 6.45) is -0.276. The molecular weight excluding hydrogens is 374 g/mol.